The number of nitrogens with two attached hydrogens (primary N) is 1. The Labute approximate surface area is 108 Å². The second-order valence-electron chi connectivity index (χ2n) is 4.11. The molecule has 0 aromatic heterocycles. The quantitative estimate of drug-likeness (QED) is 0.644. The van der Waals surface area contributed by atoms with Crippen molar-refractivity contribution in [2.75, 3.05) is 39.4 Å². The fourth-order valence-electron chi connectivity index (χ4n) is 1.80. The number of hydrogen-bond donors (Lipinski definition) is 2. The van der Waals surface area contributed by atoms with Crippen LogP contribution in [-0.2, 0) is 9.53 Å². The number of carbonyl (C=O) groups is 1. The zero-order chi connectivity index (χ0) is 12.7. The minimum Gasteiger partial charge on any atom is -0.393 e. The van der Waals surface area contributed by atoms with Crippen LogP contribution in [-0.4, -0.2) is 55.2 Å². The first-order valence-corrected chi connectivity index (χ1v) is 6.43. The van der Waals surface area contributed by atoms with Crippen molar-refractivity contribution in [3.8, 4) is 0 Å². The van der Waals surface area contributed by atoms with Gasteiger partial charge in [0.25, 0.3) is 0 Å². The lowest BCUT2D eigenvalue weighted by molar-refractivity contribution is -0.123. The third-order valence-electron chi connectivity index (χ3n) is 2.90. The van der Waals surface area contributed by atoms with Gasteiger partial charge in [-0.1, -0.05) is 19.1 Å². The molecule has 17 heavy (non-hydrogen) atoms. The zero-order valence-electron chi connectivity index (χ0n) is 10.3. The van der Waals surface area contributed by atoms with Crippen molar-refractivity contribution in [1.82, 2.24) is 10.2 Å². The molecule has 0 aromatic carbocycles. The van der Waals surface area contributed by atoms with Gasteiger partial charge in [0.15, 0.2) is 0 Å². The number of rotatable bonds is 6. The highest BCUT2D eigenvalue weighted by molar-refractivity contribution is 7.80. The Bertz CT molecular complexity index is 267. The van der Waals surface area contributed by atoms with Gasteiger partial charge >= 0.3 is 0 Å². The van der Waals surface area contributed by atoms with Gasteiger partial charge in [-0.15, -0.1) is 0 Å². The standard InChI is InChI=1S/C11H21N3O2S/c1-2-9(10(12)17)11(15)13-3-4-14-5-7-16-8-6-14/h9H,2-8H2,1H3,(H2,12,17)(H,13,15). The molecule has 0 aliphatic carbocycles. The Kier molecular flexibility index (Phi) is 6.39. The van der Waals surface area contributed by atoms with Crippen LogP contribution in [0.3, 0.4) is 0 Å². The highest BCUT2D eigenvalue weighted by Crippen LogP contribution is 2.02. The molecule has 6 heteroatoms. The Morgan fingerprint density at radius 1 is 1.53 bits per heavy atom. The number of hydrogen-bond acceptors (Lipinski definition) is 4. The summed E-state index contributed by atoms with van der Waals surface area (Å²) in [6, 6.07) is 0. The van der Waals surface area contributed by atoms with Gasteiger partial charge in [0, 0.05) is 26.2 Å². The largest absolute Gasteiger partial charge is 0.393 e. The first kappa shape index (κ1) is 14.3. The van der Waals surface area contributed by atoms with Gasteiger partial charge in [-0.2, -0.15) is 0 Å². The number of morpholine rings is 1. The number of thiocarbonyl (C=S) groups is 1. The zero-order valence-corrected chi connectivity index (χ0v) is 11.1. The Balaban J connectivity index is 2.20. The molecule has 0 spiro atoms. The van der Waals surface area contributed by atoms with E-state index < -0.39 is 0 Å². The summed E-state index contributed by atoms with van der Waals surface area (Å²) < 4.78 is 5.25. The molecule has 1 saturated heterocycles. The summed E-state index contributed by atoms with van der Waals surface area (Å²) in [6.07, 6.45) is 0.652. The van der Waals surface area contributed by atoms with Gasteiger partial charge in [-0.25, -0.2) is 0 Å². The van der Waals surface area contributed by atoms with Crippen LogP contribution in [0.1, 0.15) is 13.3 Å². The third-order valence-corrected chi connectivity index (χ3v) is 3.18. The molecule has 1 heterocycles. The first-order valence-electron chi connectivity index (χ1n) is 6.02. The van der Waals surface area contributed by atoms with E-state index in [9.17, 15) is 4.79 Å². The summed E-state index contributed by atoms with van der Waals surface area (Å²) >= 11 is 4.86. The Morgan fingerprint density at radius 3 is 2.71 bits per heavy atom. The van der Waals surface area contributed by atoms with Gasteiger partial charge < -0.3 is 15.8 Å². The van der Waals surface area contributed by atoms with Gasteiger partial charge in [-0.3, -0.25) is 9.69 Å². The molecule has 0 saturated carbocycles. The molecule has 1 atom stereocenters. The van der Waals surface area contributed by atoms with E-state index in [1.54, 1.807) is 0 Å². The first-order chi connectivity index (χ1) is 8.15. The summed E-state index contributed by atoms with van der Waals surface area (Å²) in [4.78, 5) is 14.3. The molecule has 0 bridgehead atoms. The second-order valence-corrected chi connectivity index (χ2v) is 4.58. The SMILES string of the molecule is CCC(C(=O)NCCN1CCOCC1)C(N)=S. The van der Waals surface area contributed by atoms with E-state index in [4.69, 9.17) is 22.7 Å². The van der Waals surface area contributed by atoms with Crippen molar-refractivity contribution >= 4 is 23.1 Å². The number of ether oxygens (including phenoxy) is 1. The average molecular weight is 259 g/mol. The fourth-order valence-corrected chi connectivity index (χ4v) is 2.07. The maximum absolute atomic E-state index is 11.7. The summed E-state index contributed by atoms with van der Waals surface area (Å²) in [5.41, 5.74) is 5.51. The predicted octanol–water partition coefficient (Wildman–Crippen LogP) is -0.253. The Morgan fingerprint density at radius 2 is 2.18 bits per heavy atom. The van der Waals surface area contributed by atoms with Crippen molar-refractivity contribution in [2.45, 2.75) is 13.3 Å². The van der Waals surface area contributed by atoms with Crippen LogP contribution in [0.5, 0.6) is 0 Å². The smallest absolute Gasteiger partial charge is 0.229 e. The topological polar surface area (TPSA) is 67.6 Å². The molecular weight excluding hydrogens is 238 g/mol. The highest BCUT2D eigenvalue weighted by Gasteiger charge is 2.19. The van der Waals surface area contributed by atoms with Crippen molar-refractivity contribution in [3.63, 3.8) is 0 Å². The average Bonchev–Trinajstić information content (AvgIpc) is 2.30. The van der Waals surface area contributed by atoms with Crippen molar-refractivity contribution in [2.24, 2.45) is 11.7 Å². The normalized spacial score (nSPS) is 18.6. The highest BCUT2D eigenvalue weighted by atomic mass is 32.1. The van der Waals surface area contributed by atoms with Crippen LogP contribution in [0.2, 0.25) is 0 Å². The molecule has 98 valence electrons. The molecule has 3 N–H and O–H groups in total. The van der Waals surface area contributed by atoms with Crippen LogP contribution >= 0.6 is 12.2 Å². The van der Waals surface area contributed by atoms with Gasteiger partial charge in [-0.05, 0) is 6.42 Å². The lowest BCUT2D eigenvalue weighted by Crippen LogP contribution is -2.44. The minimum absolute atomic E-state index is 0.0618. The molecule has 0 aromatic rings. The van der Waals surface area contributed by atoms with Crippen LogP contribution in [0.25, 0.3) is 0 Å². The summed E-state index contributed by atoms with van der Waals surface area (Å²) in [7, 11) is 0. The fraction of sp³-hybridized carbons (Fsp3) is 0.818. The summed E-state index contributed by atoms with van der Waals surface area (Å²) in [5.74, 6) is -0.400. The summed E-state index contributed by atoms with van der Waals surface area (Å²) in [6.45, 7) is 6.81. The van der Waals surface area contributed by atoms with E-state index in [0.29, 0.717) is 13.0 Å². The minimum atomic E-state index is -0.338. The van der Waals surface area contributed by atoms with E-state index in [1.165, 1.54) is 0 Å². The van der Waals surface area contributed by atoms with E-state index in [2.05, 4.69) is 10.2 Å². The van der Waals surface area contributed by atoms with E-state index >= 15 is 0 Å². The second kappa shape index (κ2) is 7.58. The van der Waals surface area contributed by atoms with E-state index in [0.717, 1.165) is 32.8 Å². The van der Waals surface area contributed by atoms with Crippen LogP contribution in [0, 0.1) is 5.92 Å². The molecule has 5 nitrogen and oxygen atoms in total. The van der Waals surface area contributed by atoms with E-state index in [-0.39, 0.29) is 16.8 Å². The monoisotopic (exact) mass is 259 g/mol. The molecule has 1 amide bonds. The molecule has 1 aliphatic rings. The van der Waals surface area contributed by atoms with Crippen LogP contribution in [0.4, 0.5) is 0 Å². The Hall–Kier alpha value is -0.720. The lowest BCUT2D eigenvalue weighted by Gasteiger charge is -2.26. The number of amides is 1. The third kappa shape index (κ3) is 4.97. The predicted molar refractivity (Wildman–Crippen MR) is 70.8 cm³/mol. The van der Waals surface area contributed by atoms with E-state index in [1.807, 2.05) is 6.92 Å². The summed E-state index contributed by atoms with van der Waals surface area (Å²) in [5, 5.41) is 2.87. The van der Waals surface area contributed by atoms with Gasteiger partial charge in [0.1, 0.15) is 0 Å². The number of nitrogens with zero attached hydrogens (tertiary/aromatic N) is 1. The van der Waals surface area contributed by atoms with Crippen molar-refractivity contribution in [3.05, 3.63) is 0 Å². The lowest BCUT2D eigenvalue weighted by atomic mass is 10.1. The maximum atomic E-state index is 11.7. The molecule has 1 aliphatic heterocycles. The number of carbonyl (C=O) groups excluding carboxylic acids is 1. The molecule has 1 fully saturated rings. The number of nitrogens with one attached hydrogen (secondary N) is 1. The van der Waals surface area contributed by atoms with Crippen molar-refractivity contribution in [1.29, 1.82) is 0 Å². The molecular formula is C11H21N3O2S. The van der Waals surface area contributed by atoms with Crippen LogP contribution < -0.4 is 11.1 Å². The molecule has 1 rings (SSSR count). The molecule has 0 radical (unpaired) electrons. The van der Waals surface area contributed by atoms with Gasteiger partial charge in [0.05, 0.1) is 24.1 Å². The maximum Gasteiger partial charge on any atom is 0.229 e. The van der Waals surface area contributed by atoms with Crippen molar-refractivity contribution < 1.29 is 9.53 Å². The van der Waals surface area contributed by atoms with Crippen LogP contribution in [0.15, 0.2) is 0 Å². The molecule has 1 unspecified atom stereocenters. The van der Waals surface area contributed by atoms with Gasteiger partial charge in [0.2, 0.25) is 5.91 Å².